The number of benzene rings is 1. The minimum atomic E-state index is 0.319. The maximum absolute atomic E-state index is 9.23. The Kier molecular flexibility index (Phi) is 5.08. The van der Waals surface area contributed by atoms with Gasteiger partial charge in [-0.3, -0.25) is 4.90 Å². The molecule has 1 fully saturated rings. The highest BCUT2D eigenvalue weighted by Crippen LogP contribution is 2.27. The zero-order valence-corrected chi connectivity index (χ0v) is 13.9. The van der Waals surface area contributed by atoms with Crippen molar-refractivity contribution in [1.82, 2.24) is 15.0 Å². The second-order valence-corrected chi connectivity index (χ2v) is 6.65. The van der Waals surface area contributed by atoms with Crippen molar-refractivity contribution < 1.29 is 9.63 Å². The van der Waals surface area contributed by atoms with Gasteiger partial charge in [0.05, 0.1) is 6.54 Å². The summed E-state index contributed by atoms with van der Waals surface area (Å²) in [6.07, 6.45) is 4.45. The van der Waals surface area contributed by atoms with Crippen LogP contribution >= 0.6 is 0 Å². The molecule has 1 saturated carbocycles. The van der Waals surface area contributed by atoms with Crippen LogP contribution in [0.2, 0.25) is 0 Å². The van der Waals surface area contributed by atoms with Crippen molar-refractivity contribution in [2.45, 2.75) is 45.2 Å². The number of aromatic nitrogens is 2. The van der Waals surface area contributed by atoms with E-state index in [2.05, 4.69) is 41.1 Å². The molecule has 0 aliphatic heterocycles. The van der Waals surface area contributed by atoms with Gasteiger partial charge in [0.15, 0.2) is 0 Å². The van der Waals surface area contributed by atoms with Crippen LogP contribution in [0.25, 0.3) is 11.4 Å². The first-order valence-electron chi connectivity index (χ1n) is 8.36. The van der Waals surface area contributed by atoms with Crippen molar-refractivity contribution in [3.05, 3.63) is 35.7 Å². The van der Waals surface area contributed by atoms with Crippen LogP contribution in [0.5, 0.6) is 0 Å². The third-order valence-electron chi connectivity index (χ3n) is 4.83. The van der Waals surface area contributed by atoms with Crippen LogP contribution in [0.4, 0.5) is 0 Å². The van der Waals surface area contributed by atoms with Gasteiger partial charge in [-0.25, -0.2) is 0 Å². The van der Waals surface area contributed by atoms with Crippen molar-refractivity contribution in [3.8, 4) is 11.4 Å². The van der Waals surface area contributed by atoms with E-state index in [1.165, 1.54) is 5.56 Å². The van der Waals surface area contributed by atoms with Crippen LogP contribution in [-0.2, 0) is 6.54 Å². The van der Waals surface area contributed by atoms with Gasteiger partial charge in [-0.1, -0.05) is 28.9 Å². The molecule has 0 atom stereocenters. The van der Waals surface area contributed by atoms with E-state index in [1.807, 2.05) is 12.1 Å². The second-order valence-electron chi connectivity index (χ2n) is 6.65. The largest absolute Gasteiger partial charge is 0.396 e. The minimum absolute atomic E-state index is 0.319. The van der Waals surface area contributed by atoms with E-state index in [-0.39, 0.29) is 0 Å². The number of rotatable bonds is 5. The van der Waals surface area contributed by atoms with Gasteiger partial charge < -0.3 is 9.63 Å². The monoisotopic (exact) mass is 315 g/mol. The van der Waals surface area contributed by atoms with E-state index in [0.717, 1.165) is 31.2 Å². The summed E-state index contributed by atoms with van der Waals surface area (Å²) in [7, 11) is 2.11. The van der Waals surface area contributed by atoms with Gasteiger partial charge in [0.2, 0.25) is 11.7 Å². The summed E-state index contributed by atoms with van der Waals surface area (Å²) in [6, 6.07) is 8.66. The van der Waals surface area contributed by atoms with Crippen molar-refractivity contribution in [2.75, 3.05) is 13.7 Å². The van der Waals surface area contributed by atoms with E-state index >= 15 is 0 Å². The molecule has 0 saturated heterocycles. The van der Waals surface area contributed by atoms with Gasteiger partial charge in [0.25, 0.3) is 0 Å². The fourth-order valence-corrected chi connectivity index (χ4v) is 3.33. The van der Waals surface area contributed by atoms with Crippen molar-refractivity contribution >= 4 is 0 Å². The molecule has 124 valence electrons. The van der Waals surface area contributed by atoms with Crippen molar-refractivity contribution in [1.29, 1.82) is 0 Å². The standard InChI is InChI=1S/C18H25N3O2/c1-13-4-3-5-15(10-13)18-19-17(23-20-18)11-21(2)16-8-6-14(12-22)7-9-16/h3-5,10,14,16,22H,6-9,11-12H2,1-2H3. The normalized spacial score (nSPS) is 21.7. The number of hydrogen-bond donors (Lipinski definition) is 1. The third kappa shape index (κ3) is 3.98. The molecule has 1 N–H and O–H groups in total. The zero-order valence-electron chi connectivity index (χ0n) is 13.9. The molecule has 1 aliphatic carbocycles. The zero-order chi connectivity index (χ0) is 16.2. The van der Waals surface area contributed by atoms with Gasteiger partial charge >= 0.3 is 0 Å². The van der Waals surface area contributed by atoms with E-state index in [4.69, 9.17) is 4.52 Å². The number of aliphatic hydroxyl groups is 1. The highest BCUT2D eigenvalue weighted by Gasteiger charge is 2.24. The summed E-state index contributed by atoms with van der Waals surface area (Å²) in [5.74, 6) is 1.80. The molecular formula is C18H25N3O2. The fraction of sp³-hybridized carbons (Fsp3) is 0.556. The topological polar surface area (TPSA) is 62.4 Å². The van der Waals surface area contributed by atoms with Crippen molar-refractivity contribution in [3.63, 3.8) is 0 Å². The predicted molar refractivity (Wildman–Crippen MR) is 88.8 cm³/mol. The SMILES string of the molecule is Cc1cccc(-c2noc(CN(C)C3CCC(CO)CC3)n2)c1. The number of nitrogens with zero attached hydrogens (tertiary/aromatic N) is 3. The molecule has 3 rings (SSSR count). The minimum Gasteiger partial charge on any atom is -0.396 e. The Labute approximate surface area is 137 Å². The maximum Gasteiger partial charge on any atom is 0.241 e. The Morgan fingerprint density at radius 2 is 2.04 bits per heavy atom. The molecule has 5 heteroatoms. The van der Waals surface area contributed by atoms with Gasteiger partial charge in [-0.05, 0) is 51.6 Å². The quantitative estimate of drug-likeness (QED) is 0.919. The van der Waals surface area contributed by atoms with E-state index < -0.39 is 0 Å². The highest BCUT2D eigenvalue weighted by molar-refractivity contribution is 5.55. The molecule has 0 bridgehead atoms. The lowest BCUT2D eigenvalue weighted by Crippen LogP contribution is -2.35. The van der Waals surface area contributed by atoms with Crippen LogP contribution in [0.15, 0.2) is 28.8 Å². The lowest BCUT2D eigenvalue weighted by Gasteiger charge is -2.33. The molecule has 0 unspecified atom stereocenters. The molecule has 1 aromatic heterocycles. The van der Waals surface area contributed by atoms with Crippen LogP contribution in [0.1, 0.15) is 37.1 Å². The highest BCUT2D eigenvalue weighted by atomic mass is 16.5. The molecule has 5 nitrogen and oxygen atoms in total. The van der Waals surface area contributed by atoms with E-state index in [0.29, 0.717) is 36.8 Å². The van der Waals surface area contributed by atoms with Gasteiger partial charge in [-0.2, -0.15) is 4.98 Å². The van der Waals surface area contributed by atoms with Gasteiger partial charge in [-0.15, -0.1) is 0 Å². The maximum atomic E-state index is 9.23. The summed E-state index contributed by atoms with van der Waals surface area (Å²) in [4.78, 5) is 6.82. The van der Waals surface area contributed by atoms with E-state index in [1.54, 1.807) is 0 Å². The summed E-state index contributed by atoms with van der Waals surface area (Å²) >= 11 is 0. The molecule has 1 aliphatic rings. The van der Waals surface area contributed by atoms with E-state index in [9.17, 15) is 5.11 Å². The average Bonchev–Trinajstić information content (AvgIpc) is 3.03. The van der Waals surface area contributed by atoms with Crippen LogP contribution in [0, 0.1) is 12.8 Å². The second kappa shape index (κ2) is 7.23. The summed E-state index contributed by atoms with van der Waals surface area (Å²) in [5, 5.41) is 13.3. The predicted octanol–water partition coefficient (Wildman–Crippen LogP) is 3.03. The molecule has 0 radical (unpaired) electrons. The molecule has 0 spiro atoms. The number of aliphatic hydroxyl groups excluding tert-OH is 1. The first kappa shape index (κ1) is 16.1. The molecule has 23 heavy (non-hydrogen) atoms. The van der Waals surface area contributed by atoms with Crippen molar-refractivity contribution in [2.24, 2.45) is 5.92 Å². The molecule has 1 heterocycles. The molecule has 0 amide bonds. The third-order valence-corrected chi connectivity index (χ3v) is 4.83. The smallest absolute Gasteiger partial charge is 0.241 e. The van der Waals surface area contributed by atoms with Crippen LogP contribution < -0.4 is 0 Å². The number of hydrogen-bond acceptors (Lipinski definition) is 5. The summed E-state index contributed by atoms with van der Waals surface area (Å²) in [6.45, 7) is 3.05. The lowest BCUT2D eigenvalue weighted by atomic mass is 9.86. The van der Waals surface area contributed by atoms with Gasteiger partial charge in [0.1, 0.15) is 0 Å². The Bertz CT molecular complexity index is 633. The van der Waals surface area contributed by atoms with Gasteiger partial charge in [0, 0.05) is 18.2 Å². The first-order valence-corrected chi connectivity index (χ1v) is 8.36. The Hall–Kier alpha value is -1.72. The molecule has 2 aromatic rings. The Morgan fingerprint density at radius 3 is 2.74 bits per heavy atom. The summed E-state index contributed by atoms with van der Waals surface area (Å²) in [5.41, 5.74) is 2.18. The number of aryl methyl sites for hydroxylation is 1. The lowest BCUT2D eigenvalue weighted by molar-refractivity contribution is 0.116. The first-order chi connectivity index (χ1) is 11.2. The molecular weight excluding hydrogens is 290 g/mol. The molecule has 1 aromatic carbocycles. The fourth-order valence-electron chi connectivity index (χ4n) is 3.33. The average molecular weight is 315 g/mol. The summed E-state index contributed by atoms with van der Waals surface area (Å²) < 4.78 is 5.42. The Balaban J connectivity index is 1.60. The van der Waals surface area contributed by atoms with Crippen LogP contribution in [0.3, 0.4) is 0 Å². The Morgan fingerprint density at radius 1 is 1.26 bits per heavy atom. The van der Waals surface area contributed by atoms with Crippen LogP contribution in [-0.4, -0.2) is 39.8 Å².